The topological polar surface area (TPSA) is 55.8 Å². The molecule has 108 valence electrons. The van der Waals surface area contributed by atoms with Gasteiger partial charge in [-0.25, -0.2) is 4.79 Å². The van der Waals surface area contributed by atoms with E-state index < -0.39 is 5.97 Å². The zero-order valence-corrected chi connectivity index (χ0v) is 12.7. The highest BCUT2D eigenvalue weighted by atomic mass is 35.5. The van der Waals surface area contributed by atoms with Crippen LogP contribution in [0.3, 0.4) is 0 Å². The van der Waals surface area contributed by atoms with Gasteiger partial charge in [0.2, 0.25) is 0 Å². The lowest BCUT2D eigenvalue weighted by atomic mass is 10.2. The fraction of sp³-hybridized carbons (Fsp3) is 0.308. The van der Waals surface area contributed by atoms with Crippen molar-refractivity contribution in [3.8, 4) is 0 Å². The van der Waals surface area contributed by atoms with Crippen molar-refractivity contribution in [1.29, 1.82) is 0 Å². The number of carboxylic acid groups (broad SMARTS) is 1. The minimum absolute atomic E-state index is 0.204. The summed E-state index contributed by atoms with van der Waals surface area (Å²) in [7, 11) is 1.77. The van der Waals surface area contributed by atoms with Gasteiger partial charge in [0, 0.05) is 7.05 Å². The van der Waals surface area contributed by atoms with Crippen LogP contribution in [0.4, 0.5) is 0 Å². The molecule has 0 saturated heterocycles. The smallest absolute Gasteiger partial charge is 0.355 e. The Morgan fingerprint density at radius 1 is 1.35 bits per heavy atom. The van der Waals surface area contributed by atoms with Crippen LogP contribution in [0.5, 0.6) is 0 Å². The van der Waals surface area contributed by atoms with E-state index >= 15 is 0 Å². The summed E-state index contributed by atoms with van der Waals surface area (Å²) in [6, 6.07) is 5.38. The van der Waals surface area contributed by atoms with Crippen LogP contribution in [0, 0.1) is 0 Å². The van der Waals surface area contributed by atoms with Crippen LogP contribution >= 0.6 is 23.2 Å². The summed E-state index contributed by atoms with van der Waals surface area (Å²) in [4.78, 5) is 11.2. The third-order valence-electron chi connectivity index (χ3n) is 3.10. The van der Waals surface area contributed by atoms with Gasteiger partial charge in [0.25, 0.3) is 0 Å². The number of halogens is 2. The predicted molar refractivity (Wildman–Crippen MR) is 77.9 cm³/mol. The molecular weight excluding hydrogens is 301 g/mol. The highest BCUT2D eigenvalue weighted by Gasteiger charge is 2.29. The first-order valence-corrected chi connectivity index (χ1v) is 6.87. The third kappa shape index (κ3) is 2.85. The van der Waals surface area contributed by atoms with Gasteiger partial charge in [0.15, 0.2) is 5.70 Å². The Labute approximate surface area is 127 Å². The number of carbonyl (C=O) groups is 1. The van der Waals surface area contributed by atoms with Gasteiger partial charge in [0.05, 0.1) is 22.3 Å². The Morgan fingerprint density at radius 3 is 2.60 bits per heavy atom. The Morgan fingerprint density at radius 2 is 2.05 bits per heavy atom. The normalized spacial score (nSPS) is 15.7. The summed E-state index contributed by atoms with van der Waals surface area (Å²) < 4.78 is 0. The number of hydrogen-bond acceptors (Lipinski definition) is 4. The molecule has 5 nitrogen and oxygen atoms in total. The van der Waals surface area contributed by atoms with Crippen LogP contribution in [-0.4, -0.2) is 28.3 Å². The van der Waals surface area contributed by atoms with Crippen molar-refractivity contribution < 1.29 is 9.90 Å². The molecule has 1 aliphatic rings. The maximum Gasteiger partial charge on any atom is 0.355 e. The van der Waals surface area contributed by atoms with Gasteiger partial charge >= 0.3 is 5.97 Å². The van der Waals surface area contributed by atoms with E-state index in [1.54, 1.807) is 24.3 Å². The molecule has 2 rings (SSSR count). The van der Waals surface area contributed by atoms with E-state index in [9.17, 15) is 9.90 Å². The molecule has 1 heterocycles. The van der Waals surface area contributed by atoms with E-state index in [4.69, 9.17) is 23.2 Å². The molecule has 0 atom stereocenters. The van der Waals surface area contributed by atoms with Crippen molar-refractivity contribution in [2.75, 3.05) is 7.05 Å². The summed E-state index contributed by atoms with van der Waals surface area (Å²) >= 11 is 11.9. The number of carboxylic acids is 1. The molecule has 20 heavy (non-hydrogen) atoms. The quantitative estimate of drug-likeness (QED) is 0.894. The van der Waals surface area contributed by atoms with Crippen molar-refractivity contribution in [1.82, 2.24) is 15.6 Å². The van der Waals surface area contributed by atoms with E-state index in [1.165, 1.54) is 0 Å². The minimum atomic E-state index is -0.967. The van der Waals surface area contributed by atoms with E-state index in [1.807, 2.05) is 18.0 Å². The molecule has 0 radical (unpaired) electrons. The van der Waals surface area contributed by atoms with Crippen LogP contribution in [0.1, 0.15) is 18.9 Å². The molecular formula is C13H15Cl2N3O2. The maximum absolute atomic E-state index is 11.2. The van der Waals surface area contributed by atoms with Crippen molar-refractivity contribution in [3.05, 3.63) is 45.2 Å². The number of allylic oxidation sites excluding steroid dienone is 1. The fourth-order valence-corrected chi connectivity index (χ4v) is 2.46. The highest BCUT2D eigenvalue weighted by Crippen LogP contribution is 2.27. The van der Waals surface area contributed by atoms with Crippen molar-refractivity contribution in [3.63, 3.8) is 0 Å². The molecule has 7 heteroatoms. The minimum Gasteiger partial charge on any atom is -0.476 e. The molecule has 0 fully saturated rings. The van der Waals surface area contributed by atoms with E-state index in [0.29, 0.717) is 23.0 Å². The molecule has 0 unspecified atom stereocenters. The SMILES string of the molecule is CCC1=C(C(=O)O)NN(C)N1Cc1ccc(Cl)c(Cl)c1. The Balaban J connectivity index is 2.27. The number of nitrogens with one attached hydrogen (secondary N) is 1. The van der Waals surface area contributed by atoms with Gasteiger partial charge in [-0.3, -0.25) is 10.4 Å². The van der Waals surface area contributed by atoms with Gasteiger partial charge < -0.3 is 5.11 Å². The van der Waals surface area contributed by atoms with Gasteiger partial charge in [0.1, 0.15) is 0 Å². The highest BCUT2D eigenvalue weighted by molar-refractivity contribution is 6.42. The molecule has 1 aromatic carbocycles. The summed E-state index contributed by atoms with van der Waals surface area (Å²) in [5.41, 5.74) is 4.71. The lowest BCUT2D eigenvalue weighted by Crippen LogP contribution is -2.40. The van der Waals surface area contributed by atoms with Gasteiger partial charge in [-0.2, -0.15) is 0 Å². The molecule has 2 N–H and O–H groups in total. The van der Waals surface area contributed by atoms with E-state index in [-0.39, 0.29) is 5.70 Å². The Bertz CT molecular complexity index is 575. The van der Waals surface area contributed by atoms with Crippen LogP contribution < -0.4 is 5.43 Å². The van der Waals surface area contributed by atoms with Gasteiger partial charge in [-0.1, -0.05) is 36.2 Å². The van der Waals surface area contributed by atoms with Crippen LogP contribution in [-0.2, 0) is 11.3 Å². The predicted octanol–water partition coefficient (Wildman–Crippen LogP) is 2.87. The van der Waals surface area contributed by atoms with Crippen molar-refractivity contribution >= 4 is 29.2 Å². The largest absolute Gasteiger partial charge is 0.476 e. The molecule has 1 aliphatic heterocycles. The van der Waals surface area contributed by atoms with Crippen LogP contribution in [0.25, 0.3) is 0 Å². The fourth-order valence-electron chi connectivity index (χ4n) is 2.14. The second-order valence-corrected chi connectivity index (χ2v) is 5.24. The summed E-state index contributed by atoms with van der Waals surface area (Å²) in [5, 5.41) is 13.7. The molecule has 0 aromatic heterocycles. The second-order valence-electron chi connectivity index (χ2n) is 4.42. The Hall–Kier alpha value is -1.43. The number of benzene rings is 1. The molecule has 0 saturated carbocycles. The molecule has 1 aromatic rings. The van der Waals surface area contributed by atoms with Gasteiger partial charge in [-0.15, -0.1) is 5.12 Å². The number of aliphatic carboxylic acids is 1. The number of hydrazine groups is 2. The van der Waals surface area contributed by atoms with Crippen molar-refractivity contribution in [2.45, 2.75) is 19.9 Å². The number of nitrogens with zero attached hydrogens (tertiary/aromatic N) is 2. The first-order valence-electron chi connectivity index (χ1n) is 6.12. The monoisotopic (exact) mass is 315 g/mol. The summed E-state index contributed by atoms with van der Waals surface area (Å²) in [6.07, 6.45) is 0.611. The summed E-state index contributed by atoms with van der Waals surface area (Å²) in [5.74, 6) is -0.967. The molecule has 0 amide bonds. The van der Waals surface area contributed by atoms with Crippen molar-refractivity contribution in [2.24, 2.45) is 0 Å². The van der Waals surface area contributed by atoms with Gasteiger partial charge in [-0.05, 0) is 24.1 Å². The molecule has 0 aliphatic carbocycles. The van der Waals surface area contributed by atoms with E-state index in [2.05, 4.69) is 5.43 Å². The van der Waals surface area contributed by atoms with Crippen LogP contribution in [0.15, 0.2) is 29.6 Å². The third-order valence-corrected chi connectivity index (χ3v) is 3.84. The zero-order valence-electron chi connectivity index (χ0n) is 11.2. The number of hydrogen-bond donors (Lipinski definition) is 2. The lowest BCUT2D eigenvalue weighted by Gasteiger charge is -2.28. The zero-order chi connectivity index (χ0) is 14.9. The van der Waals surface area contributed by atoms with E-state index in [0.717, 1.165) is 11.3 Å². The van der Waals surface area contributed by atoms with Crippen LogP contribution in [0.2, 0.25) is 10.0 Å². The second kappa shape index (κ2) is 5.91. The first-order chi connectivity index (χ1) is 9.43. The summed E-state index contributed by atoms with van der Waals surface area (Å²) in [6.45, 7) is 2.43. The Kier molecular flexibility index (Phi) is 4.42. The molecule has 0 bridgehead atoms. The average molecular weight is 316 g/mol. The maximum atomic E-state index is 11.2. The standard InChI is InChI=1S/C13H15Cl2N3O2/c1-3-11-12(13(19)20)16-17(2)18(11)7-8-4-5-9(14)10(15)6-8/h4-6,16H,3,7H2,1-2H3,(H,19,20). The first kappa shape index (κ1) is 15.0. The lowest BCUT2D eigenvalue weighted by molar-refractivity contribution is -0.133. The number of rotatable bonds is 4. The average Bonchev–Trinajstić information content (AvgIpc) is 2.71. The molecule has 0 spiro atoms.